The predicted molar refractivity (Wildman–Crippen MR) is 136 cm³/mol. The van der Waals surface area contributed by atoms with E-state index in [1.54, 1.807) is 19.2 Å². The lowest BCUT2D eigenvalue weighted by Crippen LogP contribution is -2.47. The third kappa shape index (κ3) is 5.21. The van der Waals surface area contributed by atoms with Gasteiger partial charge in [0.15, 0.2) is 0 Å². The molecule has 5 rings (SSSR count). The Morgan fingerprint density at radius 1 is 0.971 bits per heavy atom. The lowest BCUT2D eigenvalue weighted by molar-refractivity contribution is -0.121. The Hall–Kier alpha value is -3.68. The number of aromatic hydroxyl groups is 1. The van der Waals surface area contributed by atoms with Crippen LogP contribution in [0.3, 0.4) is 0 Å². The fourth-order valence-electron chi connectivity index (χ4n) is 4.77. The number of amides is 2. The number of phenolic OH excluding ortho intramolecular Hbond substituents is 1. The molecule has 0 saturated carbocycles. The van der Waals surface area contributed by atoms with E-state index in [2.05, 4.69) is 10.2 Å². The summed E-state index contributed by atoms with van der Waals surface area (Å²) in [5.41, 5.74) is 3.48. The second-order valence-corrected chi connectivity index (χ2v) is 9.21. The van der Waals surface area contributed by atoms with E-state index in [0.29, 0.717) is 16.9 Å². The first-order valence-electron chi connectivity index (χ1n) is 11.9. The van der Waals surface area contributed by atoms with Gasteiger partial charge in [0.1, 0.15) is 5.75 Å². The molecule has 2 amide bonds. The highest BCUT2D eigenvalue weighted by Crippen LogP contribution is 2.30. The Kier molecular flexibility index (Phi) is 6.53. The van der Waals surface area contributed by atoms with Gasteiger partial charge in [-0.25, -0.2) is 0 Å². The summed E-state index contributed by atoms with van der Waals surface area (Å²) in [6, 6.07) is 22.2. The standard InChI is InChI=1S/C28H29N3O4/c1-30(27(33)18-31-16-23-12-13-24(17-31)35-23)25-15-21(9-14-26(25)32)28(34)29-22-10-7-20(8-11-22)19-5-3-2-4-6-19/h2-11,14-15,23-24,32H,12-13,16-18H2,1H3,(H,29,34). The van der Waals surface area contributed by atoms with Crippen LogP contribution in [0.5, 0.6) is 5.75 Å². The van der Waals surface area contributed by atoms with E-state index in [4.69, 9.17) is 4.74 Å². The Bertz CT molecular complexity index is 1200. The Balaban J connectivity index is 1.25. The molecule has 180 valence electrons. The largest absolute Gasteiger partial charge is 0.506 e. The van der Waals surface area contributed by atoms with Crippen molar-refractivity contribution >= 4 is 23.2 Å². The van der Waals surface area contributed by atoms with Gasteiger partial charge in [0, 0.05) is 31.4 Å². The zero-order valence-corrected chi connectivity index (χ0v) is 19.7. The highest BCUT2D eigenvalue weighted by molar-refractivity contribution is 6.06. The number of likely N-dealkylation sites (N-methyl/N-ethyl adjacent to an activating group) is 1. The van der Waals surface area contributed by atoms with Gasteiger partial charge in [0.25, 0.3) is 5.91 Å². The van der Waals surface area contributed by atoms with Crippen LogP contribution in [0.25, 0.3) is 11.1 Å². The van der Waals surface area contributed by atoms with Crippen molar-refractivity contribution in [2.75, 3.05) is 36.9 Å². The van der Waals surface area contributed by atoms with Crippen molar-refractivity contribution in [3.05, 3.63) is 78.4 Å². The number of nitrogens with zero attached hydrogens (tertiary/aromatic N) is 2. The van der Waals surface area contributed by atoms with Crippen LogP contribution in [-0.4, -0.2) is 60.7 Å². The number of morpholine rings is 1. The molecule has 2 bridgehead atoms. The van der Waals surface area contributed by atoms with Crippen LogP contribution >= 0.6 is 0 Å². The molecule has 3 aromatic rings. The Morgan fingerprint density at radius 2 is 1.63 bits per heavy atom. The molecule has 0 spiro atoms. The predicted octanol–water partition coefficient (Wildman–Crippen LogP) is 4.14. The van der Waals surface area contributed by atoms with Crippen molar-refractivity contribution in [3.63, 3.8) is 0 Å². The van der Waals surface area contributed by atoms with E-state index < -0.39 is 0 Å². The van der Waals surface area contributed by atoms with Gasteiger partial charge in [-0.3, -0.25) is 14.5 Å². The van der Waals surface area contributed by atoms with Gasteiger partial charge in [-0.05, 0) is 54.3 Å². The molecule has 2 saturated heterocycles. The number of rotatable bonds is 6. The first-order chi connectivity index (χ1) is 17.0. The van der Waals surface area contributed by atoms with Gasteiger partial charge in [-0.15, -0.1) is 0 Å². The zero-order valence-electron chi connectivity index (χ0n) is 19.7. The second-order valence-electron chi connectivity index (χ2n) is 9.21. The zero-order chi connectivity index (χ0) is 24.4. The average Bonchev–Trinajstić information content (AvgIpc) is 3.22. The third-order valence-corrected chi connectivity index (χ3v) is 6.70. The maximum absolute atomic E-state index is 13.0. The summed E-state index contributed by atoms with van der Waals surface area (Å²) in [6.45, 7) is 1.73. The van der Waals surface area contributed by atoms with Gasteiger partial charge < -0.3 is 20.1 Å². The van der Waals surface area contributed by atoms with Crippen molar-refractivity contribution in [1.82, 2.24) is 4.90 Å². The fraction of sp³-hybridized carbons (Fsp3) is 0.286. The molecule has 0 aliphatic carbocycles. The van der Waals surface area contributed by atoms with Crippen LogP contribution in [0.2, 0.25) is 0 Å². The van der Waals surface area contributed by atoms with Crippen LogP contribution in [-0.2, 0) is 9.53 Å². The molecule has 2 aliphatic rings. The molecule has 2 unspecified atom stereocenters. The van der Waals surface area contributed by atoms with E-state index in [1.165, 1.54) is 11.0 Å². The molecule has 2 aliphatic heterocycles. The Labute approximate surface area is 204 Å². The number of hydrogen-bond acceptors (Lipinski definition) is 5. The van der Waals surface area contributed by atoms with Gasteiger partial charge in [0.2, 0.25) is 5.91 Å². The highest BCUT2D eigenvalue weighted by Gasteiger charge is 2.34. The maximum Gasteiger partial charge on any atom is 0.255 e. The maximum atomic E-state index is 13.0. The first-order valence-corrected chi connectivity index (χ1v) is 11.9. The van der Waals surface area contributed by atoms with E-state index >= 15 is 0 Å². The molecule has 0 radical (unpaired) electrons. The molecule has 7 nitrogen and oxygen atoms in total. The summed E-state index contributed by atoms with van der Waals surface area (Å²) in [7, 11) is 1.62. The molecule has 35 heavy (non-hydrogen) atoms. The number of hydrogen-bond donors (Lipinski definition) is 2. The van der Waals surface area contributed by atoms with Crippen LogP contribution < -0.4 is 10.2 Å². The summed E-state index contributed by atoms with van der Waals surface area (Å²) >= 11 is 0. The normalized spacial score (nSPS) is 19.3. The van der Waals surface area contributed by atoms with Crippen molar-refractivity contribution < 1.29 is 19.4 Å². The number of ether oxygens (including phenoxy) is 1. The van der Waals surface area contributed by atoms with E-state index in [-0.39, 0.29) is 36.3 Å². The fourth-order valence-corrected chi connectivity index (χ4v) is 4.77. The summed E-state index contributed by atoms with van der Waals surface area (Å²) < 4.78 is 5.84. The number of benzene rings is 3. The number of carbonyl (C=O) groups excluding carboxylic acids is 2. The lowest BCUT2D eigenvalue weighted by atomic mass is 10.1. The van der Waals surface area contributed by atoms with E-state index in [1.807, 2.05) is 54.6 Å². The minimum Gasteiger partial charge on any atom is -0.506 e. The minimum atomic E-state index is -0.315. The smallest absolute Gasteiger partial charge is 0.255 e. The molecule has 0 aromatic heterocycles. The average molecular weight is 472 g/mol. The molecular weight excluding hydrogens is 442 g/mol. The summed E-state index contributed by atoms with van der Waals surface area (Å²) in [5.74, 6) is -0.508. The van der Waals surface area contributed by atoms with E-state index in [9.17, 15) is 14.7 Å². The van der Waals surface area contributed by atoms with Crippen molar-refractivity contribution in [2.45, 2.75) is 25.0 Å². The number of likely N-dealkylation sites (tertiary alicyclic amines) is 1. The Morgan fingerprint density at radius 3 is 2.31 bits per heavy atom. The molecule has 2 N–H and O–H groups in total. The molecule has 7 heteroatoms. The number of nitrogens with one attached hydrogen (secondary N) is 1. The van der Waals surface area contributed by atoms with Crippen molar-refractivity contribution in [3.8, 4) is 16.9 Å². The molecule has 2 fully saturated rings. The van der Waals surface area contributed by atoms with Gasteiger partial charge >= 0.3 is 0 Å². The minimum absolute atomic E-state index is 0.0494. The summed E-state index contributed by atoms with van der Waals surface area (Å²) in [4.78, 5) is 29.4. The number of fused-ring (bicyclic) bond motifs is 2. The number of phenols is 1. The highest BCUT2D eigenvalue weighted by atomic mass is 16.5. The van der Waals surface area contributed by atoms with Crippen LogP contribution in [0.1, 0.15) is 23.2 Å². The van der Waals surface area contributed by atoms with Crippen LogP contribution in [0, 0.1) is 0 Å². The molecule has 2 atom stereocenters. The molecular formula is C28H29N3O4. The van der Waals surface area contributed by atoms with Gasteiger partial charge in [-0.2, -0.15) is 0 Å². The van der Waals surface area contributed by atoms with Crippen LogP contribution in [0.4, 0.5) is 11.4 Å². The summed E-state index contributed by atoms with van der Waals surface area (Å²) in [5, 5.41) is 13.3. The SMILES string of the molecule is CN(C(=O)CN1CC2CCC(C1)O2)c1cc(C(=O)Nc2ccc(-c3ccccc3)cc2)ccc1O. The topological polar surface area (TPSA) is 82.1 Å². The van der Waals surface area contributed by atoms with Crippen molar-refractivity contribution in [2.24, 2.45) is 0 Å². The monoisotopic (exact) mass is 471 g/mol. The number of anilines is 2. The van der Waals surface area contributed by atoms with E-state index in [0.717, 1.165) is 37.1 Å². The summed E-state index contributed by atoms with van der Waals surface area (Å²) in [6.07, 6.45) is 2.49. The first kappa shape index (κ1) is 23.1. The quantitative estimate of drug-likeness (QED) is 0.565. The van der Waals surface area contributed by atoms with Gasteiger partial charge in [0.05, 0.1) is 24.4 Å². The van der Waals surface area contributed by atoms with Gasteiger partial charge in [-0.1, -0.05) is 42.5 Å². The third-order valence-electron chi connectivity index (χ3n) is 6.70. The lowest BCUT2D eigenvalue weighted by Gasteiger charge is -2.32. The molecule has 2 heterocycles. The molecule has 3 aromatic carbocycles. The van der Waals surface area contributed by atoms with Crippen molar-refractivity contribution in [1.29, 1.82) is 0 Å². The number of carbonyl (C=O) groups is 2. The second kappa shape index (κ2) is 9.90. The van der Waals surface area contributed by atoms with Crippen LogP contribution in [0.15, 0.2) is 72.8 Å².